The molecule has 26 heavy (non-hydrogen) atoms. The maximum absolute atomic E-state index is 9.33. The van der Waals surface area contributed by atoms with Gasteiger partial charge in [0, 0.05) is 38.6 Å². The lowest BCUT2D eigenvalue weighted by molar-refractivity contribution is -0.170. The van der Waals surface area contributed by atoms with Gasteiger partial charge in [-0.25, -0.2) is 0 Å². The molecule has 1 aliphatic heterocycles. The van der Waals surface area contributed by atoms with Crippen LogP contribution < -0.4 is 0 Å². The second kappa shape index (κ2) is 7.23. The Kier molecular flexibility index (Phi) is 4.80. The molecule has 1 saturated heterocycles. The summed E-state index contributed by atoms with van der Waals surface area (Å²) >= 11 is 0. The minimum atomic E-state index is -0.252. The van der Waals surface area contributed by atoms with E-state index >= 15 is 0 Å². The number of nitrogens with zero attached hydrogens (tertiary/aromatic N) is 2. The maximum atomic E-state index is 9.33. The number of rotatable bonds is 4. The monoisotopic (exact) mass is 346 g/mol. The van der Waals surface area contributed by atoms with Gasteiger partial charge in [-0.3, -0.25) is 4.90 Å². The normalized spacial score (nSPS) is 28.5. The van der Waals surface area contributed by atoms with Gasteiger partial charge in [0.05, 0.1) is 11.6 Å². The van der Waals surface area contributed by atoms with Crippen LogP contribution in [-0.2, 0) is 16.9 Å². The topological polar surface area (TPSA) is 36.3 Å². The third kappa shape index (κ3) is 2.94. The Morgan fingerprint density at radius 3 is 2.46 bits per heavy atom. The van der Waals surface area contributed by atoms with Crippen molar-refractivity contribution in [3.05, 3.63) is 71.3 Å². The fourth-order valence-electron chi connectivity index (χ4n) is 5.25. The van der Waals surface area contributed by atoms with E-state index < -0.39 is 0 Å². The Bertz CT molecular complexity index is 781. The minimum Gasteiger partial charge on any atom is -0.373 e. The van der Waals surface area contributed by atoms with E-state index in [9.17, 15) is 5.26 Å². The van der Waals surface area contributed by atoms with Crippen LogP contribution in [-0.4, -0.2) is 25.1 Å². The van der Waals surface area contributed by atoms with E-state index in [0.29, 0.717) is 11.8 Å². The van der Waals surface area contributed by atoms with Crippen LogP contribution in [0.15, 0.2) is 54.6 Å². The molecule has 3 nitrogen and oxygen atoms in total. The molecule has 2 fully saturated rings. The van der Waals surface area contributed by atoms with Gasteiger partial charge in [-0.05, 0) is 36.1 Å². The first-order valence-corrected chi connectivity index (χ1v) is 9.58. The standard InChI is InChI=1S/C23H26N2O/c1-26-23(20-10-5-9-19(13-20)14-24)21-11-6-12-22(23)17-25(16-21)15-18-7-3-2-4-8-18/h2-5,7-10,13,21-22H,6,11-12,15-17H2,1H3/t21-,22+,23-. The van der Waals surface area contributed by atoms with Gasteiger partial charge in [-0.15, -0.1) is 0 Å². The van der Waals surface area contributed by atoms with Crippen LogP contribution in [0.4, 0.5) is 0 Å². The molecule has 0 amide bonds. The Balaban J connectivity index is 1.64. The number of likely N-dealkylation sites (tertiary alicyclic amines) is 1. The maximum Gasteiger partial charge on any atom is 0.101 e. The minimum absolute atomic E-state index is 0.252. The second-order valence-electron chi connectivity index (χ2n) is 7.69. The molecule has 1 heterocycles. The van der Waals surface area contributed by atoms with E-state index in [1.54, 1.807) is 0 Å². The third-order valence-corrected chi connectivity index (χ3v) is 6.30. The number of hydrogen-bond acceptors (Lipinski definition) is 3. The number of benzene rings is 2. The summed E-state index contributed by atoms with van der Waals surface area (Å²) in [6.07, 6.45) is 3.65. The summed E-state index contributed by atoms with van der Waals surface area (Å²) in [4.78, 5) is 2.59. The molecule has 2 aliphatic rings. The van der Waals surface area contributed by atoms with Gasteiger partial charge in [0.25, 0.3) is 0 Å². The van der Waals surface area contributed by atoms with Crippen LogP contribution in [0.2, 0.25) is 0 Å². The van der Waals surface area contributed by atoms with Crippen LogP contribution in [0.3, 0.4) is 0 Å². The summed E-state index contributed by atoms with van der Waals surface area (Å²) in [5.74, 6) is 0.940. The lowest BCUT2D eigenvalue weighted by Gasteiger charge is -2.55. The third-order valence-electron chi connectivity index (χ3n) is 6.30. The lowest BCUT2D eigenvalue weighted by Crippen LogP contribution is -2.58. The van der Waals surface area contributed by atoms with Crippen LogP contribution >= 0.6 is 0 Å². The second-order valence-corrected chi connectivity index (χ2v) is 7.69. The average Bonchev–Trinajstić information content (AvgIpc) is 2.68. The highest BCUT2D eigenvalue weighted by Crippen LogP contribution is 2.51. The number of ether oxygens (including phenoxy) is 1. The van der Waals surface area contributed by atoms with Crippen molar-refractivity contribution >= 4 is 0 Å². The molecule has 2 aromatic carbocycles. The molecule has 2 aromatic rings. The van der Waals surface area contributed by atoms with Crippen molar-refractivity contribution in [2.75, 3.05) is 20.2 Å². The highest BCUT2D eigenvalue weighted by Gasteiger charge is 2.53. The molecule has 4 rings (SSSR count). The first kappa shape index (κ1) is 17.3. The number of hydrogen-bond donors (Lipinski definition) is 0. The van der Waals surface area contributed by atoms with Crippen LogP contribution in [0.5, 0.6) is 0 Å². The zero-order chi connectivity index (χ0) is 18.0. The molecule has 3 atom stereocenters. The van der Waals surface area contributed by atoms with E-state index in [1.165, 1.54) is 30.4 Å². The summed E-state index contributed by atoms with van der Waals surface area (Å²) in [6.45, 7) is 3.11. The largest absolute Gasteiger partial charge is 0.373 e. The first-order chi connectivity index (χ1) is 12.8. The number of methoxy groups -OCH3 is 1. The number of nitriles is 1. The lowest BCUT2D eigenvalue weighted by atomic mass is 9.62. The quantitative estimate of drug-likeness (QED) is 0.826. The Hall–Kier alpha value is -2.15. The molecule has 3 heteroatoms. The molecule has 0 radical (unpaired) electrons. The van der Waals surface area contributed by atoms with Gasteiger partial charge in [0.2, 0.25) is 0 Å². The molecule has 0 aromatic heterocycles. The van der Waals surface area contributed by atoms with Crippen LogP contribution in [0.1, 0.15) is 36.0 Å². The fourth-order valence-corrected chi connectivity index (χ4v) is 5.25. The van der Waals surface area contributed by atoms with Gasteiger partial charge >= 0.3 is 0 Å². The van der Waals surface area contributed by atoms with Gasteiger partial charge in [0.1, 0.15) is 5.60 Å². The van der Waals surface area contributed by atoms with E-state index in [4.69, 9.17) is 4.74 Å². The van der Waals surface area contributed by atoms with Crippen molar-refractivity contribution in [2.45, 2.75) is 31.4 Å². The van der Waals surface area contributed by atoms with E-state index in [0.717, 1.165) is 25.2 Å². The van der Waals surface area contributed by atoms with Gasteiger partial charge in [-0.1, -0.05) is 48.9 Å². The van der Waals surface area contributed by atoms with Crippen LogP contribution in [0, 0.1) is 23.2 Å². The molecule has 0 spiro atoms. The van der Waals surface area contributed by atoms with E-state index in [1.807, 2.05) is 25.3 Å². The van der Waals surface area contributed by atoms with Crippen molar-refractivity contribution in [2.24, 2.45) is 11.8 Å². The zero-order valence-electron chi connectivity index (χ0n) is 15.4. The Morgan fingerprint density at radius 1 is 1.08 bits per heavy atom. The number of piperidine rings is 1. The van der Waals surface area contributed by atoms with Crippen LogP contribution in [0.25, 0.3) is 0 Å². The molecular formula is C23H26N2O. The molecular weight excluding hydrogens is 320 g/mol. The predicted octanol–water partition coefficient (Wildman–Crippen LogP) is 4.33. The summed E-state index contributed by atoms with van der Waals surface area (Å²) in [6, 6.07) is 21.1. The summed E-state index contributed by atoms with van der Waals surface area (Å²) in [5.41, 5.74) is 3.04. The highest BCUT2D eigenvalue weighted by atomic mass is 16.5. The average molecular weight is 346 g/mol. The smallest absolute Gasteiger partial charge is 0.101 e. The van der Waals surface area contributed by atoms with Gasteiger partial charge in [-0.2, -0.15) is 5.26 Å². The van der Waals surface area contributed by atoms with Gasteiger partial charge < -0.3 is 4.74 Å². The SMILES string of the molecule is CO[C@]1(c2cccc(C#N)c2)[C@@H]2CCC[C@H]1CN(Cc1ccccc1)C2. The molecule has 1 saturated carbocycles. The summed E-state index contributed by atoms with van der Waals surface area (Å²) in [7, 11) is 1.86. The summed E-state index contributed by atoms with van der Waals surface area (Å²) in [5, 5.41) is 9.33. The predicted molar refractivity (Wildman–Crippen MR) is 102 cm³/mol. The Morgan fingerprint density at radius 2 is 1.81 bits per heavy atom. The molecule has 0 unspecified atom stereocenters. The zero-order valence-corrected chi connectivity index (χ0v) is 15.4. The van der Waals surface area contributed by atoms with Crippen molar-refractivity contribution in [1.82, 2.24) is 4.90 Å². The van der Waals surface area contributed by atoms with Crippen molar-refractivity contribution in [3.63, 3.8) is 0 Å². The van der Waals surface area contributed by atoms with Gasteiger partial charge in [0.15, 0.2) is 0 Å². The molecule has 134 valence electrons. The number of fused-ring (bicyclic) bond motifs is 2. The van der Waals surface area contributed by atoms with E-state index in [2.05, 4.69) is 47.4 Å². The van der Waals surface area contributed by atoms with Crippen molar-refractivity contribution in [1.29, 1.82) is 5.26 Å². The Labute approximate surface area is 156 Å². The van der Waals surface area contributed by atoms with Crippen molar-refractivity contribution < 1.29 is 4.74 Å². The molecule has 0 N–H and O–H groups in total. The highest BCUT2D eigenvalue weighted by molar-refractivity contribution is 5.37. The van der Waals surface area contributed by atoms with E-state index in [-0.39, 0.29) is 5.60 Å². The molecule has 2 bridgehead atoms. The first-order valence-electron chi connectivity index (χ1n) is 9.58. The molecule has 1 aliphatic carbocycles. The van der Waals surface area contributed by atoms with Crippen molar-refractivity contribution in [3.8, 4) is 6.07 Å². The summed E-state index contributed by atoms with van der Waals surface area (Å²) < 4.78 is 6.29. The fraction of sp³-hybridized carbons (Fsp3) is 0.435.